The number of rotatable bonds is 3. The van der Waals surface area contributed by atoms with Crippen LogP contribution in [0.3, 0.4) is 0 Å². The van der Waals surface area contributed by atoms with Crippen LogP contribution in [0.4, 0.5) is 10.5 Å². The smallest absolute Gasteiger partial charge is 0.444 e. The molecule has 1 aromatic rings. The highest BCUT2D eigenvalue weighted by molar-refractivity contribution is 6.62. The van der Waals surface area contributed by atoms with E-state index in [9.17, 15) is 9.59 Å². The summed E-state index contributed by atoms with van der Waals surface area (Å²) >= 11 is 0. The molecule has 2 amide bonds. The molecule has 6 rings (SSSR count). The van der Waals surface area contributed by atoms with Gasteiger partial charge in [0.2, 0.25) is 5.91 Å². The van der Waals surface area contributed by atoms with Crippen molar-refractivity contribution in [3.63, 3.8) is 0 Å². The Morgan fingerprint density at radius 2 is 1.63 bits per heavy atom. The van der Waals surface area contributed by atoms with Gasteiger partial charge < -0.3 is 23.8 Å². The Morgan fingerprint density at radius 1 is 1.00 bits per heavy atom. The number of ether oxygens (including phenoxy) is 1. The van der Waals surface area contributed by atoms with Crippen LogP contribution in [0, 0.1) is 5.92 Å². The normalized spacial score (nSPS) is 30.6. The minimum absolute atomic E-state index is 0.193. The molecule has 0 bridgehead atoms. The van der Waals surface area contributed by atoms with Gasteiger partial charge >= 0.3 is 13.2 Å². The summed E-state index contributed by atoms with van der Waals surface area (Å²) in [4.78, 5) is 33.8. The van der Waals surface area contributed by atoms with Crippen molar-refractivity contribution in [2.24, 2.45) is 5.92 Å². The highest BCUT2D eigenvalue weighted by Gasteiger charge is 2.57. The van der Waals surface area contributed by atoms with Crippen molar-refractivity contribution in [2.45, 2.75) is 122 Å². The number of hydrogen-bond acceptors (Lipinski definition) is 6. The van der Waals surface area contributed by atoms with E-state index in [0.717, 1.165) is 35.5 Å². The van der Waals surface area contributed by atoms with E-state index >= 15 is 0 Å². The average Bonchev–Trinajstić information content (AvgIpc) is 3.44. The number of benzene rings is 1. The summed E-state index contributed by atoms with van der Waals surface area (Å²) in [6, 6.07) is 7.11. The minimum atomic E-state index is -0.616. The Kier molecular flexibility index (Phi) is 6.87. The Hall–Kier alpha value is -2.10. The number of amides is 2. The van der Waals surface area contributed by atoms with E-state index in [4.69, 9.17) is 14.0 Å². The zero-order valence-corrected chi connectivity index (χ0v) is 26.3. The zero-order valence-electron chi connectivity index (χ0n) is 26.3. The molecule has 8 nitrogen and oxygen atoms in total. The fraction of sp³-hybridized carbons (Fsp3) is 0.750. The van der Waals surface area contributed by atoms with E-state index < -0.39 is 29.3 Å². The molecular formula is C32H48BN3O5. The van der Waals surface area contributed by atoms with Crippen molar-refractivity contribution >= 4 is 30.3 Å². The highest BCUT2D eigenvalue weighted by Crippen LogP contribution is 2.51. The largest absolute Gasteiger partial charge is 0.494 e. The van der Waals surface area contributed by atoms with Crippen molar-refractivity contribution in [3.8, 4) is 0 Å². The zero-order chi connectivity index (χ0) is 29.5. The number of piperidine rings is 1. The SMILES string of the molecule is C[C@H]1CCN([C@H]2C[C@@H](N3C(=O)C4(CCN(C(=O)OC(C)(C)C)CC4)c4ccc(B5OC(C)(C)C(C)(C)O5)cc43)C2)C1. The molecular weight excluding hydrogens is 517 g/mol. The maximum atomic E-state index is 14.5. The lowest BCUT2D eigenvalue weighted by Crippen LogP contribution is -2.57. The summed E-state index contributed by atoms with van der Waals surface area (Å²) < 4.78 is 18.4. The molecule has 0 N–H and O–H groups in total. The molecule has 1 aliphatic carbocycles. The first-order valence-electron chi connectivity index (χ1n) is 15.7. The molecule has 1 saturated carbocycles. The fourth-order valence-corrected chi connectivity index (χ4v) is 7.35. The molecule has 1 atom stereocenters. The molecule has 5 aliphatic rings. The van der Waals surface area contributed by atoms with Crippen LogP contribution >= 0.6 is 0 Å². The first-order valence-corrected chi connectivity index (χ1v) is 15.7. The van der Waals surface area contributed by atoms with Gasteiger partial charge in [-0.05, 0) is 110 Å². The maximum absolute atomic E-state index is 14.5. The van der Waals surface area contributed by atoms with Gasteiger partial charge in [-0.3, -0.25) is 9.69 Å². The van der Waals surface area contributed by atoms with Crippen molar-refractivity contribution in [3.05, 3.63) is 23.8 Å². The van der Waals surface area contributed by atoms with Gasteiger partial charge in [0, 0.05) is 37.4 Å². The quantitative estimate of drug-likeness (QED) is 0.504. The lowest BCUT2D eigenvalue weighted by Gasteiger charge is -2.46. The second-order valence-corrected chi connectivity index (χ2v) is 15.3. The number of anilines is 1. The van der Waals surface area contributed by atoms with Crippen molar-refractivity contribution in [1.29, 1.82) is 0 Å². The van der Waals surface area contributed by atoms with Crippen molar-refractivity contribution < 1.29 is 23.6 Å². The first-order chi connectivity index (χ1) is 19.1. The lowest BCUT2D eigenvalue weighted by molar-refractivity contribution is -0.126. The van der Waals surface area contributed by atoms with Crippen molar-refractivity contribution in [1.82, 2.24) is 9.80 Å². The van der Waals surface area contributed by atoms with Gasteiger partial charge in [0.25, 0.3) is 0 Å². The number of likely N-dealkylation sites (tertiary alicyclic amines) is 2. The fourth-order valence-electron chi connectivity index (χ4n) is 7.35. The number of hydrogen-bond donors (Lipinski definition) is 0. The summed E-state index contributed by atoms with van der Waals surface area (Å²) in [5, 5.41) is 0. The molecule has 41 heavy (non-hydrogen) atoms. The first kappa shape index (κ1) is 29.0. The molecule has 4 heterocycles. The summed E-state index contributed by atoms with van der Waals surface area (Å²) in [5.41, 5.74) is 1.02. The molecule has 0 radical (unpaired) electrons. The van der Waals surface area contributed by atoms with Gasteiger partial charge in [0.05, 0.1) is 16.6 Å². The van der Waals surface area contributed by atoms with Crippen molar-refractivity contribution in [2.75, 3.05) is 31.1 Å². The highest BCUT2D eigenvalue weighted by atomic mass is 16.7. The molecule has 1 aromatic carbocycles. The third kappa shape index (κ3) is 4.90. The van der Waals surface area contributed by atoms with Gasteiger partial charge in [0.1, 0.15) is 5.60 Å². The molecule has 3 saturated heterocycles. The standard InChI is InChI=1S/C32H48BN3O5/c1-21-11-14-35(20-21)23-18-24(19-23)36-26-17-22(33-40-30(5,6)31(7,8)41-33)9-10-25(26)32(27(36)37)12-15-34(16-13-32)28(38)39-29(2,3)4/h9-10,17,21,23-24H,11-16,18-20H2,1-8H3/t21-,23-,24+/m0/s1. The van der Waals surface area contributed by atoms with E-state index in [1.807, 2.05) is 20.8 Å². The van der Waals surface area contributed by atoms with Crippen LogP contribution in [0.1, 0.15) is 93.1 Å². The number of carbonyl (C=O) groups excluding carboxylic acids is 2. The third-order valence-electron chi connectivity index (χ3n) is 10.6. The molecule has 4 fully saturated rings. The van der Waals surface area contributed by atoms with Gasteiger partial charge in [-0.1, -0.05) is 19.1 Å². The number of carbonyl (C=O) groups is 2. The van der Waals surface area contributed by atoms with Crippen LogP contribution in [0.25, 0.3) is 0 Å². The Balaban J connectivity index is 1.28. The van der Waals surface area contributed by atoms with Crippen LogP contribution in [-0.2, 0) is 24.3 Å². The second-order valence-electron chi connectivity index (χ2n) is 15.3. The molecule has 0 unspecified atom stereocenters. The average molecular weight is 566 g/mol. The van der Waals surface area contributed by atoms with Gasteiger partial charge in [-0.15, -0.1) is 0 Å². The predicted molar refractivity (Wildman–Crippen MR) is 161 cm³/mol. The Labute approximate surface area is 246 Å². The van der Waals surface area contributed by atoms with Crippen LogP contribution in [0.15, 0.2) is 18.2 Å². The molecule has 224 valence electrons. The van der Waals surface area contributed by atoms with Crippen LogP contribution in [0.2, 0.25) is 0 Å². The summed E-state index contributed by atoms with van der Waals surface area (Å²) in [6.45, 7) is 19.6. The van der Waals surface area contributed by atoms with E-state index in [1.165, 1.54) is 19.5 Å². The summed E-state index contributed by atoms with van der Waals surface area (Å²) in [5.74, 6) is 0.949. The van der Waals surface area contributed by atoms with E-state index in [0.29, 0.717) is 32.0 Å². The Morgan fingerprint density at radius 3 is 2.20 bits per heavy atom. The molecule has 1 spiro atoms. The van der Waals surface area contributed by atoms with Gasteiger partial charge in [-0.2, -0.15) is 0 Å². The van der Waals surface area contributed by atoms with Crippen LogP contribution < -0.4 is 10.4 Å². The lowest BCUT2D eigenvalue weighted by atomic mass is 9.71. The van der Waals surface area contributed by atoms with Crippen LogP contribution in [-0.4, -0.2) is 84.0 Å². The molecule has 4 aliphatic heterocycles. The monoisotopic (exact) mass is 565 g/mol. The van der Waals surface area contributed by atoms with Gasteiger partial charge in [0.15, 0.2) is 0 Å². The minimum Gasteiger partial charge on any atom is -0.444 e. The molecule has 9 heteroatoms. The van der Waals surface area contributed by atoms with E-state index in [-0.39, 0.29) is 18.0 Å². The Bertz CT molecular complexity index is 1200. The summed E-state index contributed by atoms with van der Waals surface area (Å²) in [7, 11) is -0.479. The second kappa shape index (κ2) is 9.71. The maximum Gasteiger partial charge on any atom is 0.494 e. The topological polar surface area (TPSA) is 71.6 Å². The molecule has 0 aromatic heterocycles. The van der Waals surface area contributed by atoms with Crippen LogP contribution in [0.5, 0.6) is 0 Å². The number of fused-ring (bicyclic) bond motifs is 2. The number of nitrogens with zero attached hydrogens (tertiary/aromatic N) is 3. The summed E-state index contributed by atoms with van der Waals surface area (Å²) in [6.07, 6.45) is 4.19. The van der Waals surface area contributed by atoms with E-state index in [1.54, 1.807) is 4.90 Å². The van der Waals surface area contributed by atoms with Gasteiger partial charge in [-0.25, -0.2) is 4.79 Å². The third-order valence-corrected chi connectivity index (χ3v) is 10.6. The van der Waals surface area contributed by atoms with E-state index in [2.05, 4.69) is 62.6 Å². The predicted octanol–water partition coefficient (Wildman–Crippen LogP) is 4.47.